The van der Waals surface area contributed by atoms with Gasteiger partial charge in [-0.15, -0.1) is 0 Å². The highest BCUT2D eigenvalue weighted by atomic mass is 35.5. The molecule has 10 heteroatoms. The van der Waals surface area contributed by atoms with Gasteiger partial charge in [0, 0.05) is 10.6 Å². The summed E-state index contributed by atoms with van der Waals surface area (Å²) < 4.78 is 5.17. The number of nitrogens with two attached hydrogens (primary N) is 2. The number of halogens is 1. The van der Waals surface area contributed by atoms with Gasteiger partial charge in [-0.25, -0.2) is 0 Å². The van der Waals surface area contributed by atoms with Gasteiger partial charge < -0.3 is 21.1 Å². The van der Waals surface area contributed by atoms with Crippen LogP contribution in [0.1, 0.15) is 23.1 Å². The monoisotopic (exact) mass is 483 g/mol. The zero-order valence-corrected chi connectivity index (χ0v) is 19.4. The SMILES string of the molecule is COc1ccc(CN2C(=O)[C@H]3[C@@H](C2=O)[C@@]2([NH2+][C@@H]3CC(N)=O)C(=O)Nc3c2ccc(Cl)c3C)cc1. The molecule has 2 aromatic rings. The second-order valence-corrected chi connectivity index (χ2v) is 9.44. The first-order chi connectivity index (χ1) is 16.2. The van der Waals surface area contributed by atoms with Crippen LogP contribution in [0.3, 0.4) is 0 Å². The number of fused-ring (bicyclic) bond motifs is 4. The molecule has 0 bridgehead atoms. The number of hydrogen-bond acceptors (Lipinski definition) is 5. The topological polar surface area (TPSA) is 135 Å². The van der Waals surface area contributed by atoms with Crippen molar-refractivity contribution in [3.63, 3.8) is 0 Å². The van der Waals surface area contributed by atoms with Gasteiger partial charge in [-0.05, 0) is 42.3 Å². The van der Waals surface area contributed by atoms with Crippen LogP contribution in [0, 0.1) is 18.8 Å². The molecule has 4 amide bonds. The van der Waals surface area contributed by atoms with Crippen molar-refractivity contribution in [3.05, 3.63) is 58.1 Å². The van der Waals surface area contributed by atoms with E-state index in [1.807, 2.05) is 0 Å². The number of carbonyl (C=O) groups is 4. The number of methoxy groups -OCH3 is 1. The van der Waals surface area contributed by atoms with E-state index < -0.39 is 47.0 Å². The smallest absolute Gasteiger partial charge is 0.291 e. The average molecular weight is 484 g/mol. The average Bonchev–Trinajstić information content (AvgIpc) is 3.37. The third-order valence-corrected chi connectivity index (χ3v) is 7.68. The number of anilines is 1. The fourth-order valence-corrected chi connectivity index (χ4v) is 5.86. The Balaban J connectivity index is 1.59. The van der Waals surface area contributed by atoms with E-state index in [4.69, 9.17) is 22.1 Å². The maximum Gasteiger partial charge on any atom is 0.291 e. The van der Waals surface area contributed by atoms with Gasteiger partial charge in [0.25, 0.3) is 5.91 Å². The molecule has 4 atom stereocenters. The Morgan fingerprint density at radius 2 is 1.88 bits per heavy atom. The van der Waals surface area contributed by atoms with Crippen LogP contribution < -0.4 is 21.1 Å². The summed E-state index contributed by atoms with van der Waals surface area (Å²) in [4.78, 5) is 53.8. The van der Waals surface area contributed by atoms with Crippen molar-refractivity contribution >= 4 is 40.9 Å². The van der Waals surface area contributed by atoms with E-state index in [1.54, 1.807) is 55.7 Å². The number of hydrogen-bond donors (Lipinski definition) is 3. The number of rotatable bonds is 5. The summed E-state index contributed by atoms with van der Waals surface area (Å²) in [5.41, 5.74) is 6.66. The van der Waals surface area contributed by atoms with Crippen molar-refractivity contribution < 1.29 is 29.2 Å². The Morgan fingerprint density at radius 1 is 1.18 bits per heavy atom. The van der Waals surface area contributed by atoms with Crippen LogP contribution in [0.4, 0.5) is 5.69 Å². The minimum atomic E-state index is -1.38. The van der Waals surface area contributed by atoms with Gasteiger partial charge in [-0.2, -0.15) is 0 Å². The van der Waals surface area contributed by atoms with Crippen molar-refractivity contribution in [1.82, 2.24) is 4.90 Å². The summed E-state index contributed by atoms with van der Waals surface area (Å²) in [6, 6.07) is 9.80. The second kappa shape index (κ2) is 7.82. The molecule has 3 heterocycles. The number of nitrogens with zero attached hydrogens (tertiary/aromatic N) is 1. The van der Waals surface area contributed by atoms with E-state index in [9.17, 15) is 19.2 Å². The minimum Gasteiger partial charge on any atom is -0.497 e. The number of primary amides is 1. The lowest BCUT2D eigenvalue weighted by molar-refractivity contribution is -0.732. The summed E-state index contributed by atoms with van der Waals surface area (Å²) in [6.07, 6.45) is -0.131. The standard InChI is InChI=1S/C24H23ClN4O5/c1-11-15(25)8-7-14-20(11)27-23(33)24(14)19-18(16(28-24)9-17(26)30)21(31)29(22(19)32)10-12-3-5-13(34-2)6-4-12/h3-8,16,18-19,28H,9-10H2,1-2H3,(H2,26,30)(H,27,33)/p+1/t16-,18-,19+,24-/m1/s1. The molecule has 3 aliphatic rings. The van der Waals surface area contributed by atoms with E-state index in [0.717, 1.165) is 5.56 Å². The third kappa shape index (κ3) is 3.04. The zero-order chi connectivity index (χ0) is 24.4. The Morgan fingerprint density at radius 3 is 2.53 bits per heavy atom. The lowest BCUT2D eigenvalue weighted by Gasteiger charge is -2.26. The van der Waals surface area contributed by atoms with E-state index in [0.29, 0.717) is 27.6 Å². The molecule has 0 radical (unpaired) electrons. The van der Waals surface area contributed by atoms with E-state index >= 15 is 0 Å². The maximum absolute atomic E-state index is 13.8. The Kier molecular flexibility index (Phi) is 5.14. The van der Waals surface area contributed by atoms with Gasteiger partial charge in [0.05, 0.1) is 25.8 Å². The summed E-state index contributed by atoms with van der Waals surface area (Å²) in [5, 5.41) is 5.04. The summed E-state index contributed by atoms with van der Waals surface area (Å²) in [6.45, 7) is 1.84. The van der Waals surface area contributed by atoms with Crippen LogP contribution in [0.2, 0.25) is 5.02 Å². The number of likely N-dealkylation sites (tertiary alicyclic amines) is 1. The number of benzene rings is 2. The molecule has 2 saturated heterocycles. The molecule has 5 rings (SSSR count). The third-order valence-electron chi connectivity index (χ3n) is 7.27. The fourth-order valence-electron chi connectivity index (χ4n) is 5.70. The number of carbonyl (C=O) groups excluding carboxylic acids is 4. The number of imide groups is 1. The van der Waals surface area contributed by atoms with Crippen LogP contribution in [0.5, 0.6) is 5.75 Å². The molecule has 2 fully saturated rings. The van der Waals surface area contributed by atoms with E-state index in [1.165, 1.54) is 4.90 Å². The zero-order valence-electron chi connectivity index (χ0n) is 18.6. The predicted octanol–water partition coefficient (Wildman–Crippen LogP) is 0.427. The molecule has 5 N–H and O–H groups in total. The molecule has 1 spiro atoms. The summed E-state index contributed by atoms with van der Waals surface area (Å²) in [5.74, 6) is -3.01. The van der Waals surface area contributed by atoms with Crippen molar-refractivity contribution in [2.45, 2.75) is 31.5 Å². The van der Waals surface area contributed by atoms with Gasteiger partial charge in [-0.1, -0.05) is 23.7 Å². The van der Waals surface area contributed by atoms with Crippen molar-refractivity contribution in [1.29, 1.82) is 0 Å². The van der Waals surface area contributed by atoms with Crippen molar-refractivity contribution in [2.24, 2.45) is 17.6 Å². The quantitative estimate of drug-likeness (QED) is 0.530. The number of amides is 4. The minimum absolute atomic E-state index is 0.0577. The maximum atomic E-state index is 13.8. The fraction of sp³-hybridized carbons (Fsp3) is 0.333. The second-order valence-electron chi connectivity index (χ2n) is 9.03. The lowest BCUT2D eigenvalue weighted by Crippen LogP contribution is -2.99. The first-order valence-corrected chi connectivity index (χ1v) is 11.3. The number of quaternary nitrogens is 1. The van der Waals surface area contributed by atoms with Gasteiger partial charge >= 0.3 is 0 Å². The largest absolute Gasteiger partial charge is 0.497 e. The van der Waals surface area contributed by atoms with Crippen LogP contribution in [-0.4, -0.2) is 41.7 Å². The molecule has 0 aliphatic carbocycles. The lowest BCUT2D eigenvalue weighted by atomic mass is 9.76. The molecule has 2 aromatic carbocycles. The molecule has 176 valence electrons. The molecule has 0 aromatic heterocycles. The molecule has 34 heavy (non-hydrogen) atoms. The van der Waals surface area contributed by atoms with E-state index in [2.05, 4.69) is 5.32 Å². The number of nitrogens with one attached hydrogen (secondary N) is 1. The molecule has 0 saturated carbocycles. The molecular formula is C24H24ClN4O5+. The number of ether oxygens (including phenoxy) is 1. The molecular weight excluding hydrogens is 460 g/mol. The van der Waals surface area contributed by atoms with Gasteiger partial charge in [0.15, 0.2) is 0 Å². The first kappa shape index (κ1) is 22.4. The molecule has 0 unspecified atom stereocenters. The summed E-state index contributed by atoms with van der Waals surface area (Å²) in [7, 11) is 1.55. The Labute approximate surface area is 200 Å². The van der Waals surface area contributed by atoms with Gasteiger partial charge in [0.2, 0.25) is 23.3 Å². The van der Waals surface area contributed by atoms with Gasteiger partial charge in [0.1, 0.15) is 23.6 Å². The Hall–Kier alpha value is -3.43. The van der Waals surface area contributed by atoms with E-state index in [-0.39, 0.29) is 13.0 Å². The van der Waals surface area contributed by atoms with Crippen LogP contribution in [0.25, 0.3) is 0 Å². The highest BCUT2D eigenvalue weighted by Crippen LogP contribution is 2.51. The van der Waals surface area contributed by atoms with Crippen LogP contribution >= 0.6 is 11.6 Å². The van der Waals surface area contributed by atoms with Crippen molar-refractivity contribution in [3.8, 4) is 5.75 Å². The first-order valence-electron chi connectivity index (χ1n) is 10.9. The predicted molar refractivity (Wildman–Crippen MR) is 122 cm³/mol. The van der Waals surface area contributed by atoms with Crippen molar-refractivity contribution in [2.75, 3.05) is 12.4 Å². The highest BCUT2D eigenvalue weighted by Gasteiger charge is 2.74. The van der Waals surface area contributed by atoms with Crippen LogP contribution in [0.15, 0.2) is 36.4 Å². The molecule has 9 nitrogen and oxygen atoms in total. The normalized spacial score (nSPS) is 27.2. The highest BCUT2D eigenvalue weighted by molar-refractivity contribution is 6.32. The Bertz CT molecular complexity index is 1250. The van der Waals surface area contributed by atoms with Gasteiger partial charge in [-0.3, -0.25) is 24.1 Å². The summed E-state index contributed by atoms with van der Waals surface area (Å²) >= 11 is 6.27. The molecule has 3 aliphatic heterocycles. The van der Waals surface area contributed by atoms with Crippen LogP contribution in [-0.2, 0) is 31.3 Å².